The second-order valence-corrected chi connectivity index (χ2v) is 7.30. The van der Waals surface area contributed by atoms with Crippen molar-refractivity contribution in [2.75, 3.05) is 38.7 Å². The van der Waals surface area contributed by atoms with Crippen molar-refractivity contribution in [2.24, 2.45) is 0 Å². The van der Waals surface area contributed by atoms with Gasteiger partial charge in [-0.05, 0) is 12.5 Å². The van der Waals surface area contributed by atoms with Gasteiger partial charge in [-0.3, -0.25) is 9.58 Å². The van der Waals surface area contributed by atoms with Crippen molar-refractivity contribution in [3.05, 3.63) is 30.9 Å². The number of H-pyrrole nitrogens is 1. The summed E-state index contributed by atoms with van der Waals surface area (Å²) in [6, 6.07) is 2.16. The molecule has 7 nitrogen and oxygen atoms in total. The average Bonchev–Trinajstić information content (AvgIpc) is 3.28. The van der Waals surface area contributed by atoms with Gasteiger partial charge in [-0.15, -0.1) is 0 Å². The number of anilines is 1. The topological polar surface area (TPSA) is 71.0 Å². The van der Waals surface area contributed by atoms with Crippen LogP contribution in [0.2, 0.25) is 0 Å². The molecule has 142 valence electrons. The number of aromatic amines is 1. The number of hydrogen-bond acceptors (Lipinski definition) is 5. The van der Waals surface area contributed by atoms with E-state index in [1.54, 1.807) is 10.9 Å². The lowest BCUT2D eigenvalue weighted by Gasteiger charge is -2.42. The molecular formula is C19H23FN6O. The number of alkyl halides is 1. The van der Waals surface area contributed by atoms with Crippen LogP contribution in [-0.2, 0) is 4.74 Å². The third-order valence-corrected chi connectivity index (χ3v) is 5.76. The number of pyridine rings is 1. The maximum Gasteiger partial charge on any atom is 0.139 e. The normalized spacial score (nSPS) is 24.2. The summed E-state index contributed by atoms with van der Waals surface area (Å²) in [6.07, 6.45) is 7.28. The summed E-state index contributed by atoms with van der Waals surface area (Å²) >= 11 is 0. The van der Waals surface area contributed by atoms with Gasteiger partial charge < -0.3 is 15.0 Å². The molecule has 3 aromatic heterocycles. The third kappa shape index (κ3) is 2.80. The Morgan fingerprint density at radius 2 is 2.22 bits per heavy atom. The first-order valence-electron chi connectivity index (χ1n) is 9.39. The minimum absolute atomic E-state index is 0.224. The van der Waals surface area contributed by atoms with Crippen LogP contribution in [0.5, 0.6) is 0 Å². The van der Waals surface area contributed by atoms with Crippen molar-refractivity contribution in [1.82, 2.24) is 24.6 Å². The van der Waals surface area contributed by atoms with Gasteiger partial charge in [0.25, 0.3) is 0 Å². The number of rotatable bonds is 4. The number of fused-ring (bicyclic) bond motifs is 1. The molecule has 5 rings (SSSR count). The standard InChI is InChI=1S/C19H23FN6O/c1-21-18-14-2-4-22-19(14)23-7-15(18)12-6-24-26(8-12)17-3-5-25(9-16(17)20)13-10-27-11-13/h2,4,6-8,13,16-17H,3,5,9-11H2,1H3,(H2,21,22,23)/t16-,17?/m0/s1. The van der Waals surface area contributed by atoms with Crippen LogP contribution >= 0.6 is 0 Å². The summed E-state index contributed by atoms with van der Waals surface area (Å²) in [4.78, 5) is 9.81. The molecule has 2 atom stereocenters. The number of nitrogens with one attached hydrogen (secondary N) is 2. The molecule has 3 aromatic rings. The lowest BCUT2D eigenvalue weighted by Crippen LogP contribution is -2.55. The van der Waals surface area contributed by atoms with Gasteiger partial charge in [-0.1, -0.05) is 0 Å². The molecule has 1 unspecified atom stereocenters. The lowest BCUT2D eigenvalue weighted by atomic mass is 10.0. The van der Waals surface area contributed by atoms with Crippen LogP contribution in [0.15, 0.2) is 30.9 Å². The van der Waals surface area contributed by atoms with E-state index < -0.39 is 6.17 Å². The summed E-state index contributed by atoms with van der Waals surface area (Å²) < 4.78 is 21.9. The molecule has 0 spiro atoms. The highest BCUT2D eigenvalue weighted by atomic mass is 19.1. The molecule has 2 aliphatic heterocycles. The van der Waals surface area contributed by atoms with Crippen molar-refractivity contribution in [1.29, 1.82) is 0 Å². The molecule has 0 amide bonds. The van der Waals surface area contributed by atoms with Crippen molar-refractivity contribution < 1.29 is 9.13 Å². The molecule has 2 N–H and O–H groups in total. The Kier molecular flexibility index (Phi) is 4.09. The Hall–Kier alpha value is -2.45. The highest BCUT2D eigenvalue weighted by molar-refractivity contribution is 5.97. The molecule has 0 saturated carbocycles. The number of hydrogen-bond donors (Lipinski definition) is 2. The zero-order chi connectivity index (χ0) is 18.4. The van der Waals surface area contributed by atoms with E-state index in [9.17, 15) is 4.39 Å². The zero-order valence-corrected chi connectivity index (χ0v) is 15.2. The maximum absolute atomic E-state index is 14.9. The summed E-state index contributed by atoms with van der Waals surface area (Å²) in [7, 11) is 1.90. The molecule has 5 heterocycles. The number of ether oxygens (including phenoxy) is 1. The molecule has 0 bridgehead atoms. The minimum atomic E-state index is -0.929. The van der Waals surface area contributed by atoms with Gasteiger partial charge in [0.05, 0.1) is 37.2 Å². The van der Waals surface area contributed by atoms with E-state index in [0.29, 0.717) is 12.6 Å². The van der Waals surface area contributed by atoms with Gasteiger partial charge in [-0.2, -0.15) is 5.10 Å². The van der Waals surface area contributed by atoms with E-state index in [4.69, 9.17) is 4.74 Å². The second kappa shape index (κ2) is 6.61. The first kappa shape index (κ1) is 16.7. The lowest BCUT2D eigenvalue weighted by molar-refractivity contribution is -0.0847. The number of halogens is 1. The first-order valence-corrected chi connectivity index (χ1v) is 9.39. The van der Waals surface area contributed by atoms with E-state index in [-0.39, 0.29) is 6.04 Å². The van der Waals surface area contributed by atoms with Gasteiger partial charge in [0.2, 0.25) is 0 Å². The zero-order valence-electron chi connectivity index (χ0n) is 15.2. The molecule has 27 heavy (non-hydrogen) atoms. The molecule has 2 saturated heterocycles. The summed E-state index contributed by atoms with van der Waals surface area (Å²) in [5.41, 5.74) is 3.75. The Bertz CT molecular complexity index is 949. The van der Waals surface area contributed by atoms with Crippen LogP contribution in [0.1, 0.15) is 12.5 Å². The van der Waals surface area contributed by atoms with E-state index in [1.807, 2.05) is 31.7 Å². The van der Waals surface area contributed by atoms with Gasteiger partial charge in [0.1, 0.15) is 11.8 Å². The van der Waals surface area contributed by atoms with Crippen molar-refractivity contribution in [2.45, 2.75) is 24.7 Å². The van der Waals surface area contributed by atoms with Crippen LogP contribution in [-0.4, -0.2) is 70.2 Å². The molecule has 0 radical (unpaired) electrons. The van der Waals surface area contributed by atoms with Crippen molar-refractivity contribution in [3.63, 3.8) is 0 Å². The third-order valence-electron chi connectivity index (χ3n) is 5.76. The Labute approximate surface area is 156 Å². The monoisotopic (exact) mass is 370 g/mol. The van der Waals surface area contributed by atoms with Crippen LogP contribution in [0.3, 0.4) is 0 Å². The first-order chi connectivity index (χ1) is 13.2. The van der Waals surface area contributed by atoms with E-state index >= 15 is 0 Å². The highest BCUT2D eigenvalue weighted by Crippen LogP contribution is 2.34. The Morgan fingerprint density at radius 1 is 1.33 bits per heavy atom. The number of aromatic nitrogens is 4. The van der Waals surface area contributed by atoms with Gasteiger partial charge >= 0.3 is 0 Å². The fourth-order valence-corrected chi connectivity index (χ4v) is 4.13. The summed E-state index contributed by atoms with van der Waals surface area (Å²) in [5, 5.41) is 8.78. The quantitative estimate of drug-likeness (QED) is 0.738. The molecule has 0 aromatic carbocycles. The summed E-state index contributed by atoms with van der Waals surface area (Å²) in [6.45, 7) is 2.79. The van der Waals surface area contributed by atoms with E-state index in [0.717, 1.165) is 54.0 Å². The van der Waals surface area contributed by atoms with E-state index in [1.165, 1.54) is 0 Å². The number of piperidine rings is 1. The SMILES string of the molecule is CNc1c(-c2cnn(C3CCN(C4COC4)C[C@@H]3F)c2)cnc2[nH]ccc12. The molecular weight excluding hydrogens is 347 g/mol. The van der Waals surface area contributed by atoms with Crippen LogP contribution in [0, 0.1) is 0 Å². The highest BCUT2D eigenvalue weighted by Gasteiger charge is 2.36. The maximum atomic E-state index is 14.9. The van der Waals surface area contributed by atoms with Gasteiger partial charge in [0.15, 0.2) is 0 Å². The van der Waals surface area contributed by atoms with Crippen LogP contribution < -0.4 is 5.32 Å². The smallest absolute Gasteiger partial charge is 0.139 e. The second-order valence-electron chi connectivity index (χ2n) is 7.30. The van der Waals surface area contributed by atoms with Crippen LogP contribution in [0.25, 0.3) is 22.2 Å². The minimum Gasteiger partial charge on any atom is -0.387 e. The van der Waals surface area contributed by atoms with E-state index in [2.05, 4.69) is 25.3 Å². The molecule has 2 aliphatic rings. The molecule has 8 heteroatoms. The molecule has 2 fully saturated rings. The van der Waals surface area contributed by atoms with Crippen LogP contribution in [0.4, 0.5) is 10.1 Å². The van der Waals surface area contributed by atoms with Gasteiger partial charge in [0, 0.05) is 55.2 Å². The fraction of sp³-hybridized carbons (Fsp3) is 0.474. The predicted octanol–water partition coefficient (Wildman–Crippen LogP) is 2.45. The predicted molar refractivity (Wildman–Crippen MR) is 102 cm³/mol. The fourth-order valence-electron chi connectivity index (χ4n) is 4.13. The Morgan fingerprint density at radius 3 is 2.96 bits per heavy atom. The van der Waals surface area contributed by atoms with Gasteiger partial charge in [-0.25, -0.2) is 9.37 Å². The summed E-state index contributed by atoms with van der Waals surface area (Å²) in [5.74, 6) is 0. The van der Waals surface area contributed by atoms with Crippen molar-refractivity contribution in [3.8, 4) is 11.1 Å². The average molecular weight is 370 g/mol. The number of nitrogens with zero attached hydrogens (tertiary/aromatic N) is 4. The largest absolute Gasteiger partial charge is 0.387 e. The number of likely N-dealkylation sites (tertiary alicyclic amines) is 1. The van der Waals surface area contributed by atoms with Crippen molar-refractivity contribution >= 4 is 16.7 Å². The molecule has 0 aliphatic carbocycles. The Balaban J connectivity index is 1.40.